The largest absolute Gasteiger partial charge is 0.351 e. The van der Waals surface area contributed by atoms with Gasteiger partial charge in [0.25, 0.3) is 0 Å². The van der Waals surface area contributed by atoms with E-state index in [-0.39, 0.29) is 5.96 Å². The van der Waals surface area contributed by atoms with E-state index >= 15 is 0 Å². The van der Waals surface area contributed by atoms with E-state index in [1.54, 1.807) is 0 Å². The van der Waals surface area contributed by atoms with Crippen LogP contribution in [0.1, 0.15) is 24.5 Å². The minimum atomic E-state index is -0.686. The van der Waals surface area contributed by atoms with Gasteiger partial charge in [0.05, 0.1) is 0 Å². The summed E-state index contributed by atoms with van der Waals surface area (Å²) in [5.74, 6) is 3.01. The fourth-order valence-electron chi connectivity index (χ4n) is 1.46. The van der Waals surface area contributed by atoms with Gasteiger partial charge in [-0.15, -0.1) is 0 Å². The van der Waals surface area contributed by atoms with E-state index in [1.165, 1.54) is 0 Å². The highest BCUT2D eigenvalue weighted by molar-refractivity contribution is 6.04. The van der Waals surface area contributed by atoms with Crippen LogP contribution >= 0.6 is 0 Å². The number of aliphatic imine (C=N–C) groups is 1. The Bertz CT molecular complexity index is 552. The van der Waals surface area contributed by atoms with Gasteiger partial charge in [0, 0.05) is 18.2 Å². The van der Waals surface area contributed by atoms with Gasteiger partial charge in [-0.25, -0.2) is 4.79 Å². The maximum atomic E-state index is 10.9. The summed E-state index contributed by atoms with van der Waals surface area (Å²) in [6, 6.07) is 7.82. The second kappa shape index (κ2) is 7.07. The Hall–Kier alpha value is -2.48. The number of rotatable bonds is 1. The lowest BCUT2D eigenvalue weighted by atomic mass is 10.1. The Morgan fingerprint density at radius 1 is 1.42 bits per heavy atom. The first kappa shape index (κ1) is 14.6. The summed E-state index contributed by atoms with van der Waals surface area (Å²) in [5, 5.41) is 5.40. The van der Waals surface area contributed by atoms with Crippen molar-refractivity contribution in [1.29, 1.82) is 0 Å². The Morgan fingerprint density at radius 3 is 2.74 bits per heavy atom. The van der Waals surface area contributed by atoms with Crippen LogP contribution in [0.4, 0.5) is 10.5 Å². The molecule has 0 saturated carbocycles. The zero-order valence-corrected chi connectivity index (χ0v) is 11.4. The molecule has 1 rings (SSSR count). The number of amides is 2. The molecule has 5 heteroatoms. The van der Waals surface area contributed by atoms with Crippen molar-refractivity contribution in [2.45, 2.75) is 27.2 Å². The molecule has 0 unspecified atom stereocenters. The number of carbonyl (C=O) groups excluding carboxylic acids is 1. The number of hydrogen-bond acceptors (Lipinski definition) is 2. The molecule has 0 spiro atoms. The first-order valence-corrected chi connectivity index (χ1v) is 5.99. The maximum absolute atomic E-state index is 10.9. The van der Waals surface area contributed by atoms with Crippen LogP contribution in [-0.2, 0) is 0 Å². The number of benzene rings is 1. The van der Waals surface area contributed by atoms with Crippen LogP contribution in [0.2, 0.25) is 0 Å². The number of nitrogens with zero attached hydrogens (tertiary/aromatic N) is 1. The van der Waals surface area contributed by atoms with E-state index in [2.05, 4.69) is 27.6 Å². The molecule has 5 nitrogen and oxygen atoms in total. The minimum absolute atomic E-state index is 0.223. The molecule has 4 N–H and O–H groups in total. The van der Waals surface area contributed by atoms with Gasteiger partial charge in [-0.2, -0.15) is 4.99 Å². The second-order valence-electron chi connectivity index (χ2n) is 4.04. The third-order valence-corrected chi connectivity index (χ3v) is 2.30. The standard InChI is InChI=1S/C14H18N4O/c1-4-5-8-16-14(18-13(15)19)17-12-7-6-10(2)9-11(12)3/h6-7,9H,4H2,1-3H3,(H4,15,16,17,18,19). The summed E-state index contributed by atoms with van der Waals surface area (Å²) in [5.41, 5.74) is 8.14. The van der Waals surface area contributed by atoms with E-state index in [9.17, 15) is 4.79 Å². The lowest BCUT2D eigenvalue weighted by Gasteiger charge is -2.11. The summed E-state index contributed by atoms with van der Waals surface area (Å²) in [6.45, 7) is 5.90. The lowest BCUT2D eigenvalue weighted by molar-refractivity contribution is 0.253. The minimum Gasteiger partial charge on any atom is -0.351 e. The number of hydrogen-bond donors (Lipinski definition) is 3. The van der Waals surface area contributed by atoms with Crippen LogP contribution in [0, 0.1) is 25.8 Å². The predicted molar refractivity (Wildman–Crippen MR) is 77.8 cm³/mol. The molecule has 0 radical (unpaired) electrons. The van der Waals surface area contributed by atoms with E-state index in [0.29, 0.717) is 6.42 Å². The Labute approximate surface area is 113 Å². The third kappa shape index (κ3) is 5.13. The number of nitrogens with one attached hydrogen (secondary N) is 2. The number of carbonyl (C=O) groups is 1. The Balaban J connectivity index is 2.93. The topological polar surface area (TPSA) is 79.5 Å². The summed E-state index contributed by atoms with van der Waals surface area (Å²) >= 11 is 0. The van der Waals surface area contributed by atoms with Crippen LogP contribution in [0.15, 0.2) is 23.2 Å². The molecule has 0 saturated heterocycles. The van der Waals surface area contributed by atoms with Crippen molar-refractivity contribution in [3.05, 3.63) is 29.3 Å². The number of guanidine groups is 1. The molecule has 1 aromatic carbocycles. The molecule has 0 aromatic heterocycles. The Morgan fingerprint density at radius 2 is 2.16 bits per heavy atom. The fraction of sp³-hybridized carbons (Fsp3) is 0.286. The second-order valence-corrected chi connectivity index (χ2v) is 4.04. The monoisotopic (exact) mass is 258 g/mol. The molecule has 0 heterocycles. The summed E-state index contributed by atoms with van der Waals surface area (Å²) in [7, 11) is 0. The average Bonchev–Trinajstić information content (AvgIpc) is 2.32. The zero-order valence-electron chi connectivity index (χ0n) is 11.4. The first-order chi connectivity index (χ1) is 9.02. The smallest absolute Gasteiger partial charge is 0.318 e. The van der Waals surface area contributed by atoms with Crippen molar-refractivity contribution >= 4 is 17.7 Å². The highest BCUT2D eigenvalue weighted by atomic mass is 16.2. The van der Waals surface area contributed by atoms with Crippen LogP contribution < -0.4 is 16.4 Å². The van der Waals surface area contributed by atoms with Gasteiger partial charge in [0.2, 0.25) is 5.96 Å². The van der Waals surface area contributed by atoms with Crippen molar-refractivity contribution in [2.75, 3.05) is 5.32 Å². The molecular formula is C14H18N4O. The molecule has 0 aliphatic carbocycles. The molecule has 2 amide bonds. The van der Waals surface area contributed by atoms with Crippen LogP contribution in [-0.4, -0.2) is 12.0 Å². The number of primary amides is 1. The van der Waals surface area contributed by atoms with Crippen molar-refractivity contribution < 1.29 is 4.79 Å². The summed E-state index contributed by atoms with van der Waals surface area (Å²) < 4.78 is 0. The molecule has 0 fully saturated rings. The number of nitrogens with two attached hydrogens (primary N) is 1. The predicted octanol–water partition coefficient (Wildman–Crippen LogP) is 2.11. The van der Waals surface area contributed by atoms with Crippen LogP contribution in [0.25, 0.3) is 0 Å². The summed E-state index contributed by atoms with van der Waals surface area (Å²) in [6.07, 6.45) is 0.691. The van der Waals surface area contributed by atoms with E-state index in [1.807, 2.05) is 39.0 Å². The number of anilines is 1. The van der Waals surface area contributed by atoms with Crippen molar-refractivity contribution in [3.8, 4) is 12.0 Å². The zero-order chi connectivity index (χ0) is 14.3. The summed E-state index contributed by atoms with van der Waals surface area (Å²) in [4.78, 5) is 14.9. The molecule has 0 aliphatic rings. The van der Waals surface area contributed by atoms with Gasteiger partial charge in [0.15, 0.2) is 0 Å². The van der Waals surface area contributed by atoms with Crippen molar-refractivity contribution in [3.63, 3.8) is 0 Å². The molecule has 0 atom stereocenters. The normalized spacial score (nSPS) is 10.4. The average molecular weight is 258 g/mol. The van der Waals surface area contributed by atoms with Crippen molar-refractivity contribution in [1.82, 2.24) is 5.32 Å². The highest BCUT2D eigenvalue weighted by Gasteiger charge is 2.04. The number of aryl methyl sites for hydroxylation is 2. The van der Waals surface area contributed by atoms with Gasteiger partial charge in [-0.05, 0) is 25.5 Å². The quantitative estimate of drug-likeness (QED) is 0.410. The van der Waals surface area contributed by atoms with E-state index < -0.39 is 6.03 Å². The van der Waals surface area contributed by atoms with Gasteiger partial charge in [-0.1, -0.05) is 30.5 Å². The molecule has 0 bridgehead atoms. The van der Waals surface area contributed by atoms with Gasteiger partial charge < -0.3 is 11.1 Å². The van der Waals surface area contributed by atoms with Crippen molar-refractivity contribution in [2.24, 2.45) is 10.7 Å². The fourth-order valence-corrected chi connectivity index (χ4v) is 1.46. The van der Waals surface area contributed by atoms with Gasteiger partial charge in [-0.3, -0.25) is 5.32 Å². The molecular weight excluding hydrogens is 240 g/mol. The number of urea groups is 1. The molecule has 1 aromatic rings. The van der Waals surface area contributed by atoms with Gasteiger partial charge in [0.1, 0.15) is 0 Å². The highest BCUT2D eigenvalue weighted by Crippen LogP contribution is 2.15. The molecule has 0 aliphatic heterocycles. The molecule has 19 heavy (non-hydrogen) atoms. The van der Waals surface area contributed by atoms with Gasteiger partial charge >= 0.3 is 6.03 Å². The SMILES string of the molecule is CCC#CN=C(NC(N)=O)Nc1ccc(C)cc1C. The van der Waals surface area contributed by atoms with Crippen LogP contribution in [0.5, 0.6) is 0 Å². The van der Waals surface area contributed by atoms with E-state index in [4.69, 9.17) is 5.73 Å². The lowest BCUT2D eigenvalue weighted by Crippen LogP contribution is -2.39. The Kier molecular flexibility index (Phi) is 5.42. The van der Waals surface area contributed by atoms with Crippen LogP contribution in [0.3, 0.4) is 0 Å². The maximum Gasteiger partial charge on any atom is 0.318 e. The van der Waals surface area contributed by atoms with E-state index in [0.717, 1.165) is 16.8 Å². The molecule has 100 valence electrons. The first-order valence-electron chi connectivity index (χ1n) is 5.99. The third-order valence-electron chi connectivity index (χ3n) is 2.30.